The first-order valence-electron chi connectivity index (χ1n) is 7.47. The third-order valence-electron chi connectivity index (χ3n) is 3.91. The Morgan fingerprint density at radius 2 is 1.85 bits per heavy atom. The van der Waals surface area contributed by atoms with Crippen LogP contribution in [0.5, 0.6) is 0 Å². The molecule has 1 aliphatic rings. The van der Waals surface area contributed by atoms with E-state index in [1.807, 2.05) is 37.3 Å². The highest BCUT2D eigenvalue weighted by molar-refractivity contribution is 5.74. The van der Waals surface area contributed by atoms with Crippen molar-refractivity contribution in [2.45, 2.75) is 57.2 Å². The van der Waals surface area contributed by atoms with Gasteiger partial charge in [-0.05, 0) is 25.3 Å². The van der Waals surface area contributed by atoms with Gasteiger partial charge in [0, 0.05) is 6.04 Å². The van der Waals surface area contributed by atoms with Gasteiger partial charge in [0.1, 0.15) is 0 Å². The summed E-state index contributed by atoms with van der Waals surface area (Å²) in [6.07, 6.45) is 5.07. The van der Waals surface area contributed by atoms with Crippen LogP contribution in [0.1, 0.15) is 50.7 Å². The molecule has 1 fully saturated rings. The minimum atomic E-state index is -0.687. The maximum Gasteiger partial charge on any atom is 0.315 e. The summed E-state index contributed by atoms with van der Waals surface area (Å²) in [4.78, 5) is 11.9. The maximum absolute atomic E-state index is 11.9. The molecule has 110 valence electrons. The Kier molecular flexibility index (Phi) is 5.41. The summed E-state index contributed by atoms with van der Waals surface area (Å²) in [5, 5.41) is 16.0. The van der Waals surface area contributed by atoms with Crippen molar-refractivity contribution in [3.63, 3.8) is 0 Å². The summed E-state index contributed by atoms with van der Waals surface area (Å²) < 4.78 is 0. The molecule has 0 heterocycles. The third kappa shape index (κ3) is 4.23. The van der Waals surface area contributed by atoms with Gasteiger partial charge in [-0.2, -0.15) is 0 Å². The molecule has 1 aromatic carbocycles. The molecule has 3 N–H and O–H groups in total. The largest absolute Gasteiger partial charge is 0.386 e. The summed E-state index contributed by atoms with van der Waals surface area (Å²) in [6.45, 7) is 1.82. The zero-order valence-corrected chi connectivity index (χ0v) is 12.0. The van der Waals surface area contributed by atoms with Gasteiger partial charge in [0.15, 0.2) is 0 Å². The minimum absolute atomic E-state index is 0.181. The van der Waals surface area contributed by atoms with Gasteiger partial charge in [0.05, 0.1) is 12.1 Å². The Hall–Kier alpha value is -1.55. The summed E-state index contributed by atoms with van der Waals surface area (Å²) in [6, 6.07) is 9.18. The molecule has 0 aromatic heterocycles. The van der Waals surface area contributed by atoms with Crippen LogP contribution in [0.3, 0.4) is 0 Å². The molecular formula is C16H24N2O2. The number of nitrogens with one attached hydrogen (secondary N) is 2. The van der Waals surface area contributed by atoms with E-state index in [0.717, 1.165) is 18.4 Å². The van der Waals surface area contributed by atoms with Crippen LogP contribution >= 0.6 is 0 Å². The van der Waals surface area contributed by atoms with Gasteiger partial charge in [-0.1, -0.05) is 49.6 Å². The lowest BCUT2D eigenvalue weighted by molar-refractivity contribution is 0.136. The van der Waals surface area contributed by atoms with Crippen molar-refractivity contribution < 1.29 is 9.90 Å². The first-order valence-corrected chi connectivity index (χ1v) is 7.47. The highest BCUT2D eigenvalue weighted by Crippen LogP contribution is 2.18. The van der Waals surface area contributed by atoms with E-state index < -0.39 is 6.10 Å². The van der Waals surface area contributed by atoms with Crippen molar-refractivity contribution in [1.29, 1.82) is 0 Å². The molecule has 1 aromatic rings. The number of hydrogen-bond acceptors (Lipinski definition) is 2. The SMILES string of the molecule is C[C@H](NC(=O)NC1CCCCC1)[C@@H](O)c1ccccc1. The van der Waals surface area contributed by atoms with Crippen molar-refractivity contribution in [1.82, 2.24) is 10.6 Å². The molecule has 20 heavy (non-hydrogen) atoms. The van der Waals surface area contributed by atoms with E-state index in [-0.39, 0.29) is 18.1 Å². The lowest BCUT2D eigenvalue weighted by atomic mass is 9.96. The van der Waals surface area contributed by atoms with Crippen LogP contribution < -0.4 is 10.6 Å². The van der Waals surface area contributed by atoms with Gasteiger partial charge in [0.25, 0.3) is 0 Å². The van der Waals surface area contributed by atoms with E-state index in [1.54, 1.807) is 0 Å². The smallest absolute Gasteiger partial charge is 0.315 e. The Morgan fingerprint density at radius 1 is 1.20 bits per heavy atom. The topological polar surface area (TPSA) is 61.4 Å². The zero-order valence-electron chi connectivity index (χ0n) is 12.0. The number of aliphatic hydroxyl groups excluding tert-OH is 1. The Balaban J connectivity index is 1.81. The number of rotatable bonds is 4. The lowest BCUT2D eigenvalue weighted by Gasteiger charge is -2.25. The van der Waals surface area contributed by atoms with E-state index in [1.165, 1.54) is 19.3 Å². The van der Waals surface area contributed by atoms with Crippen LogP contribution in [0.25, 0.3) is 0 Å². The second-order valence-electron chi connectivity index (χ2n) is 5.60. The molecule has 1 aliphatic carbocycles. The molecule has 0 bridgehead atoms. The average molecular weight is 276 g/mol. The van der Waals surface area contributed by atoms with Crippen molar-refractivity contribution in [2.24, 2.45) is 0 Å². The van der Waals surface area contributed by atoms with Crippen molar-refractivity contribution in [2.75, 3.05) is 0 Å². The van der Waals surface area contributed by atoms with E-state index in [2.05, 4.69) is 10.6 Å². The normalized spacial score (nSPS) is 19.1. The number of aliphatic hydroxyl groups is 1. The van der Waals surface area contributed by atoms with Crippen LogP contribution in [0.15, 0.2) is 30.3 Å². The van der Waals surface area contributed by atoms with Crippen LogP contribution in [-0.2, 0) is 0 Å². The Labute approximate surface area is 120 Å². The highest BCUT2D eigenvalue weighted by atomic mass is 16.3. The fourth-order valence-corrected chi connectivity index (χ4v) is 2.70. The molecule has 2 amide bonds. The first-order chi connectivity index (χ1) is 9.66. The Bertz CT molecular complexity index is 416. The van der Waals surface area contributed by atoms with Gasteiger partial charge < -0.3 is 15.7 Å². The van der Waals surface area contributed by atoms with E-state index in [0.29, 0.717) is 0 Å². The number of amides is 2. The molecule has 0 saturated heterocycles. The van der Waals surface area contributed by atoms with Gasteiger partial charge in [0.2, 0.25) is 0 Å². The molecule has 2 rings (SSSR count). The van der Waals surface area contributed by atoms with Crippen LogP contribution in [0.2, 0.25) is 0 Å². The van der Waals surface area contributed by atoms with Crippen LogP contribution in [0, 0.1) is 0 Å². The van der Waals surface area contributed by atoms with E-state index in [9.17, 15) is 9.90 Å². The molecule has 0 aliphatic heterocycles. The lowest BCUT2D eigenvalue weighted by Crippen LogP contribution is -2.47. The summed E-state index contributed by atoms with van der Waals surface area (Å²) >= 11 is 0. The zero-order chi connectivity index (χ0) is 14.4. The molecule has 2 atom stereocenters. The molecule has 0 spiro atoms. The van der Waals surface area contributed by atoms with E-state index >= 15 is 0 Å². The number of carbonyl (C=O) groups excluding carboxylic acids is 1. The van der Waals surface area contributed by atoms with Crippen LogP contribution in [-0.4, -0.2) is 23.2 Å². The molecule has 4 heteroatoms. The van der Waals surface area contributed by atoms with E-state index in [4.69, 9.17) is 0 Å². The molecule has 0 unspecified atom stereocenters. The summed E-state index contributed by atoms with van der Waals surface area (Å²) in [5.41, 5.74) is 0.818. The fraction of sp³-hybridized carbons (Fsp3) is 0.562. The fourth-order valence-electron chi connectivity index (χ4n) is 2.70. The van der Waals surface area contributed by atoms with Gasteiger partial charge >= 0.3 is 6.03 Å². The molecule has 0 radical (unpaired) electrons. The quantitative estimate of drug-likeness (QED) is 0.792. The molecule has 1 saturated carbocycles. The van der Waals surface area contributed by atoms with Gasteiger partial charge in [-0.3, -0.25) is 0 Å². The predicted octanol–water partition coefficient (Wildman–Crippen LogP) is 2.74. The predicted molar refractivity (Wildman–Crippen MR) is 79.4 cm³/mol. The summed E-state index contributed by atoms with van der Waals surface area (Å²) in [7, 11) is 0. The van der Waals surface area contributed by atoms with Crippen molar-refractivity contribution in [3.8, 4) is 0 Å². The number of carbonyl (C=O) groups is 1. The number of hydrogen-bond donors (Lipinski definition) is 3. The number of urea groups is 1. The average Bonchev–Trinajstić information content (AvgIpc) is 2.48. The van der Waals surface area contributed by atoms with Crippen molar-refractivity contribution >= 4 is 6.03 Å². The van der Waals surface area contributed by atoms with Crippen molar-refractivity contribution in [3.05, 3.63) is 35.9 Å². The first kappa shape index (κ1) is 14.9. The summed E-state index contributed by atoms with van der Waals surface area (Å²) in [5.74, 6) is 0. The molecular weight excluding hydrogens is 252 g/mol. The third-order valence-corrected chi connectivity index (χ3v) is 3.91. The maximum atomic E-state index is 11.9. The monoisotopic (exact) mass is 276 g/mol. The molecule has 4 nitrogen and oxygen atoms in total. The van der Waals surface area contributed by atoms with Crippen LogP contribution in [0.4, 0.5) is 4.79 Å². The standard InChI is InChI=1S/C16H24N2O2/c1-12(15(19)13-8-4-2-5-9-13)17-16(20)18-14-10-6-3-7-11-14/h2,4-5,8-9,12,14-15,19H,3,6-7,10-11H2,1H3,(H2,17,18,20)/t12-,15+/m0/s1. The van der Waals surface area contributed by atoms with Gasteiger partial charge in [-0.25, -0.2) is 4.79 Å². The second kappa shape index (κ2) is 7.29. The number of benzene rings is 1. The Morgan fingerprint density at radius 3 is 2.50 bits per heavy atom. The van der Waals surface area contributed by atoms with Gasteiger partial charge in [-0.15, -0.1) is 0 Å². The second-order valence-corrected chi connectivity index (χ2v) is 5.60. The highest BCUT2D eigenvalue weighted by Gasteiger charge is 2.20. The minimum Gasteiger partial charge on any atom is -0.386 e.